The molecular weight excluding hydrogens is 407 g/mol. The van der Waals surface area contributed by atoms with Gasteiger partial charge in [-0.05, 0) is 20.1 Å². The lowest BCUT2D eigenvalue weighted by Gasteiger charge is -2.22. The quantitative estimate of drug-likeness (QED) is 0.312. The van der Waals surface area contributed by atoms with E-state index >= 15 is 0 Å². The molecule has 148 valence electrons. The maximum absolute atomic E-state index is 12.1. The maximum Gasteiger partial charge on any atom is 0.469 e. The van der Waals surface area contributed by atoms with Crippen molar-refractivity contribution in [2.45, 2.75) is 44.1 Å². The van der Waals surface area contributed by atoms with Crippen LogP contribution in [0.25, 0.3) is 0 Å². The van der Waals surface area contributed by atoms with Gasteiger partial charge in [0.15, 0.2) is 0 Å². The summed E-state index contributed by atoms with van der Waals surface area (Å²) in [5.74, 6) is 0. The van der Waals surface area contributed by atoms with Gasteiger partial charge >= 0.3 is 13.5 Å². The molecule has 0 saturated carbocycles. The Bertz CT molecular complexity index is 778. The Kier molecular flexibility index (Phi) is 7.57. The molecular formula is C13H21N2O8PS2. The minimum Gasteiger partial charge on any atom is -0.361 e. The summed E-state index contributed by atoms with van der Waals surface area (Å²) in [4.78, 5) is 43.6. The zero-order chi connectivity index (χ0) is 19.5. The standard InChI is InChI=1S/C13H21N2O8PS2/c1-7-5-15(13(17)14-12(7)16)11-4-9(22-8(2)26-25-3)10(23-11)6-21-24(18,19)20/h5,8-11H,4,6H2,1-3H3,(H,14,16,17)(H2,18,19,20)/t8-,9?,10+,11+/m0/s1. The molecule has 1 aliphatic rings. The fourth-order valence-corrected chi connectivity index (χ4v) is 4.29. The lowest BCUT2D eigenvalue weighted by atomic mass is 10.2. The molecule has 0 aliphatic carbocycles. The highest BCUT2D eigenvalue weighted by atomic mass is 33.1. The van der Waals surface area contributed by atoms with Crippen LogP contribution >= 0.6 is 29.4 Å². The van der Waals surface area contributed by atoms with Crippen molar-refractivity contribution in [1.29, 1.82) is 0 Å². The number of rotatable bonds is 8. The van der Waals surface area contributed by atoms with E-state index in [9.17, 15) is 14.2 Å². The van der Waals surface area contributed by atoms with Crippen LogP contribution in [0.2, 0.25) is 0 Å². The first-order chi connectivity index (χ1) is 12.1. The van der Waals surface area contributed by atoms with Gasteiger partial charge in [0.05, 0.1) is 12.7 Å². The average Bonchev–Trinajstić information content (AvgIpc) is 2.91. The number of nitrogens with one attached hydrogen (secondary N) is 1. The third-order valence-electron chi connectivity index (χ3n) is 3.64. The predicted octanol–water partition coefficient (Wildman–Crippen LogP) is 0.984. The molecule has 4 atom stereocenters. The molecule has 0 amide bonds. The van der Waals surface area contributed by atoms with Gasteiger partial charge in [-0.3, -0.25) is 18.9 Å². The number of phosphoric ester groups is 1. The van der Waals surface area contributed by atoms with Crippen molar-refractivity contribution >= 4 is 29.4 Å². The highest BCUT2D eigenvalue weighted by molar-refractivity contribution is 8.76. The van der Waals surface area contributed by atoms with Gasteiger partial charge < -0.3 is 19.3 Å². The summed E-state index contributed by atoms with van der Waals surface area (Å²) >= 11 is 0. The van der Waals surface area contributed by atoms with Crippen LogP contribution in [0.4, 0.5) is 0 Å². The number of H-pyrrole nitrogens is 1. The first-order valence-corrected chi connectivity index (χ1v) is 11.8. The van der Waals surface area contributed by atoms with Crippen LogP contribution in [0, 0.1) is 6.92 Å². The van der Waals surface area contributed by atoms with E-state index in [1.807, 2.05) is 13.2 Å². The number of hydrogen-bond acceptors (Lipinski definition) is 8. The molecule has 1 fully saturated rings. The highest BCUT2D eigenvalue weighted by Gasteiger charge is 2.39. The molecule has 1 aliphatic heterocycles. The molecule has 1 saturated heterocycles. The SMILES string of the molecule is CSS[C@@H](C)OC1C[C@H](n2cc(C)c(=O)[nH]c2=O)O[C@@H]1COP(=O)(O)O. The summed E-state index contributed by atoms with van der Waals surface area (Å²) in [7, 11) is -1.68. The summed E-state index contributed by atoms with van der Waals surface area (Å²) in [5.41, 5.74) is -0.980. The zero-order valence-electron chi connectivity index (χ0n) is 14.4. The summed E-state index contributed by atoms with van der Waals surface area (Å²) in [5, 5.41) is 0. The minimum atomic E-state index is -4.67. The topological polar surface area (TPSA) is 140 Å². The van der Waals surface area contributed by atoms with E-state index < -0.39 is 37.5 Å². The maximum atomic E-state index is 12.1. The van der Waals surface area contributed by atoms with Crippen molar-refractivity contribution in [2.24, 2.45) is 0 Å². The molecule has 1 unspecified atom stereocenters. The number of aryl methyl sites for hydroxylation is 1. The van der Waals surface area contributed by atoms with Gasteiger partial charge in [0.2, 0.25) is 0 Å². The van der Waals surface area contributed by atoms with Crippen LogP contribution in [0.5, 0.6) is 0 Å². The Morgan fingerprint density at radius 1 is 1.50 bits per heavy atom. The molecule has 2 rings (SSSR count). The van der Waals surface area contributed by atoms with Crippen molar-refractivity contribution in [2.75, 3.05) is 12.9 Å². The summed E-state index contributed by atoms with van der Waals surface area (Å²) in [6.07, 6.45) is 1.47. The van der Waals surface area contributed by atoms with Crippen LogP contribution in [0.3, 0.4) is 0 Å². The van der Waals surface area contributed by atoms with Gasteiger partial charge in [0.25, 0.3) is 5.56 Å². The molecule has 10 nitrogen and oxygen atoms in total. The third kappa shape index (κ3) is 5.96. The van der Waals surface area contributed by atoms with E-state index in [4.69, 9.17) is 19.3 Å². The monoisotopic (exact) mass is 428 g/mol. The van der Waals surface area contributed by atoms with Crippen molar-refractivity contribution in [3.8, 4) is 0 Å². The lowest BCUT2D eigenvalue weighted by Crippen LogP contribution is -2.33. The van der Waals surface area contributed by atoms with E-state index in [2.05, 4.69) is 9.51 Å². The van der Waals surface area contributed by atoms with Crippen LogP contribution in [-0.4, -0.2) is 49.8 Å². The Morgan fingerprint density at radius 3 is 2.81 bits per heavy atom. The van der Waals surface area contributed by atoms with Gasteiger partial charge in [0, 0.05) is 18.2 Å². The highest BCUT2D eigenvalue weighted by Crippen LogP contribution is 2.39. The van der Waals surface area contributed by atoms with Gasteiger partial charge in [0.1, 0.15) is 17.8 Å². The second kappa shape index (κ2) is 9.07. The largest absolute Gasteiger partial charge is 0.469 e. The van der Waals surface area contributed by atoms with Gasteiger partial charge in [-0.25, -0.2) is 9.36 Å². The predicted molar refractivity (Wildman–Crippen MR) is 98.0 cm³/mol. The molecule has 1 aromatic heterocycles. The second-order valence-corrected chi connectivity index (χ2v) is 9.64. The molecule has 26 heavy (non-hydrogen) atoms. The smallest absolute Gasteiger partial charge is 0.361 e. The van der Waals surface area contributed by atoms with Crippen molar-refractivity contribution in [3.05, 3.63) is 32.6 Å². The van der Waals surface area contributed by atoms with Gasteiger partial charge in [-0.2, -0.15) is 0 Å². The van der Waals surface area contributed by atoms with E-state index in [-0.39, 0.29) is 18.5 Å². The fourth-order valence-electron chi connectivity index (χ4n) is 2.54. The molecule has 0 bridgehead atoms. The first-order valence-electron chi connectivity index (χ1n) is 7.63. The fraction of sp³-hybridized carbons (Fsp3) is 0.692. The summed E-state index contributed by atoms with van der Waals surface area (Å²) in [6, 6.07) is 0. The number of aromatic amines is 1. The summed E-state index contributed by atoms with van der Waals surface area (Å²) < 4.78 is 28.4. The minimum absolute atomic E-state index is 0.205. The van der Waals surface area contributed by atoms with E-state index in [1.54, 1.807) is 6.92 Å². The molecule has 3 N–H and O–H groups in total. The van der Waals surface area contributed by atoms with Crippen LogP contribution in [0.15, 0.2) is 15.8 Å². The molecule has 0 aromatic carbocycles. The van der Waals surface area contributed by atoms with Gasteiger partial charge in [-0.1, -0.05) is 21.6 Å². The first kappa shape index (κ1) is 21.7. The molecule has 0 radical (unpaired) electrons. The normalized spacial score (nSPS) is 24.7. The van der Waals surface area contributed by atoms with E-state index in [1.165, 1.54) is 32.4 Å². The van der Waals surface area contributed by atoms with Crippen molar-refractivity contribution in [1.82, 2.24) is 9.55 Å². The van der Waals surface area contributed by atoms with Crippen molar-refractivity contribution in [3.63, 3.8) is 0 Å². The zero-order valence-corrected chi connectivity index (χ0v) is 16.9. The molecule has 2 heterocycles. The average molecular weight is 428 g/mol. The van der Waals surface area contributed by atoms with Crippen LogP contribution < -0.4 is 11.2 Å². The molecule has 1 aromatic rings. The van der Waals surface area contributed by atoms with E-state index in [0.29, 0.717) is 5.56 Å². The number of aromatic nitrogens is 2. The van der Waals surface area contributed by atoms with E-state index in [0.717, 1.165) is 0 Å². The Balaban J connectivity index is 2.20. The number of hydrogen-bond donors (Lipinski definition) is 3. The Labute approximate surface area is 157 Å². The third-order valence-corrected chi connectivity index (χ3v) is 6.09. The Morgan fingerprint density at radius 2 is 2.19 bits per heavy atom. The number of phosphoric acid groups is 1. The number of ether oxygens (including phenoxy) is 2. The molecule has 0 spiro atoms. The van der Waals surface area contributed by atoms with Gasteiger partial charge in [-0.15, -0.1) is 0 Å². The second-order valence-electron chi connectivity index (χ2n) is 5.63. The van der Waals surface area contributed by atoms with Crippen LogP contribution in [-0.2, 0) is 18.6 Å². The number of nitrogens with zero attached hydrogens (tertiary/aromatic N) is 1. The van der Waals surface area contributed by atoms with Crippen LogP contribution in [0.1, 0.15) is 25.1 Å². The lowest BCUT2D eigenvalue weighted by molar-refractivity contribution is -0.0635. The molecule has 13 heteroatoms. The summed E-state index contributed by atoms with van der Waals surface area (Å²) in [6.45, 7) is 3.01. The van der Waals surface area contributed by atoms with Crippen molar-refractivity contribution < 1.29 is 28.3 Å². The Hall–Kier alpha value is -0.590.